The number of hydrogen-bond donors (Lipinski definition) is 1. The lowest BCUT2D eigenvalue weighted by Crippen LogP contribution is -2.28. The molecule has 0 heterocycles. The molecule has 1 unspecified atom stereocenters. The van der Waals surface area contributed by atoms with Crippen molar-refractivity contribution in [2.45, 2.75) is 40.5 Å². The molecule has 1 atom stereocenters. The van der Waals surface area contributed by atoms with Crippen molar-refractivity contribution in [1.29, 1.82) is 0 Å². The van der Waals surface area contributed by atoms with Crippen molar-refractivity contribution in [1.82, 2.24) is 0 Å². The Morgan fingerprint density at radius 2 is 2.00 bits per heavy atom. The minimum Gasteiger partial charge on any atom is -0.381 e. The van der Waals surface area contributed by atoms with E-state index in [1.165, 1.54) is 0 Å². The molecule has 0 saturated carbocycles. The van der Waals surface area contributed by atoms with Gasteiger partial charge in [0.15, 0.2) is 0 Å². The van der Waals surface area contributed by atoms with Gasteiger partial charge in [0, 0.05) is 13.2 Å². The lowest BCUT2D eigenvalue weighted by Gasteiger charge is -2.26. The summed E-state index contributed by atoms with van der Waals surface area (Å²) in [6.45, 7) is 11.2. The van der Waals surface area contributed by atoms with Gasteiger partial charge in [-0.15, -0.1) is 0 Å². The van der Waals surface area contributed by atoms with E-state index in [0.717, 1.165) is 32.6 Å². The van der Waals surface area contributed by atoms with Crippen LogP contribution in [0.25, 0.3) is 0 Å². The van der Waals surface area contributed by atoms with Crippen molar-refractivity contribution in [3.8, 4) is 0 Å². The third kappa shape index (κ3) is 6.05. The highest BCUT2D eigenvalue weighted by molar-refractivity contribution is 4.72. The maximum Gasteiger partial charge on any atom is 0.0488 e. The molecule has 0 radical (unpaired) electrons. The van der Waals surface area contributed by atoms with Crippen LogP contribution in [-0.2, 0) is 4.74 Å². The predicted octanol–water partition coefficient (Wildman–Crippen LogP) is 2.42. The maximum atomic E-state index is 5.70. The molecule has 2 nitrogen and oxygen atoms in total. The highest BCUT2D eigenvalue weighted by atomic mass is 16.5. The lowest BCUT2D eigenvalue weighted by atomic mass is 9.84. The highest BCUT2D eigenvalue weighted by Gasteiger charge is 2.19. The summed E-state index contributed by atoms with van der Waals surface area (Å²) >= 11 is 0. The van der Waals surface area contributed by atoms with Gasteiger partial charge < -0.3 is 10.5 Å². The summed E-state index contributed by atoms with van der Waals surface area (Å²) in [6, 6.07) is 0. The first-order valence-electron chi connectivity index (χ1n) is 5.32. The minimum atomic E-state index is 0.275. The van der Waals surface area contributed by atoms with Gasteiger partial charge in [0.25, 0.3) is 0 Å². The molecule has 0 rings (SSSR count). The molecule has 2 heteroatoms. The standard InChI is InChI=1S/C11H25NO/c1-5-11(4,9-12)6-7-13-8-10(2)3/h10H,5-9,12H2,1-4H3. The predicted molar refractivity (Wildman–Crippen MR) is 57.7 cm³/mol. The molecule has 0 spiro atoms. The lowest BCUT2D eigenvalue weighted by molar-refractivity contribution is 0.0813. The smallest absolute Gasteiger partial charge is 0.0488 e. The number of ether oxygens (including phenoxy) is 1. The molecule has 0 aliphatic heterocycles. The molecule has 0 amide bonds. The van der Waals surface area contributed by atoms with Crippen molar-refractivity contribution in [2.24, 2.45) is 17.1 Å². The molecule has 0 fully saturated rings. The second kappa shape index (κ2) is 6.39. The van der Waals surface area contributed by atoms with E-state index in [-0.39, 0.29) is 5.41 Å². The van der Waals surface area contributed by atoms with Crippen LogP contribution in [0.2, 0.25) is 0 Å². The third-order valence-corrected chi connectivity index (χ3v) is 2.65. The molecule has 0 aromatic rings. The molecule has 13 heavy (non-hydrogen) atoms. The van der Waals surface area contributed by atoms with Crippen LogP contribution in [0.1, 0.15) is 40.5 Å². The summed E-state index contributed by atoms with van der Waals surface area (Å²) in [7, 11) is 0. The topological polar surface area (TPSA) is 35.2 Å². The van der Waals surface area contributed by atoms with E-state index in [1.807, 2.05) is 0 Å². The van der Waals surface area contributed by atoms with Gasteiger partial charge >= 0.3 is 0 Å². The summed E-state index contributed by atoms with van der Waals surface area (Å²) in [5, 5.41) is 0. The molecule has 0 aliphatic rings. The first kappa shape index (κ1) is 12.9. The Bertz CT molecular complexity index is 119. The summed E-state index contributed by atoms with van der Waals surface area (Å²) in [5.74, 6) is 0.630. The normalized spacial score (nSPS) is 16.2. The van der Waals surface area contributed by atoms with E-state index in [1.54, 1.807) is 0 Å². The third-order valence-electron chi connectivity index (χ3n) is 2.65. The average molecular weight is 187 g/mol. The molecule has 0 aromatic heterocycles. The van der Waals surface area contributed by atoms with E-state index in [2.05, 4.69) is 27.7 Å². The highest BCUT2D eigenvalue weighted by Crippen LogP contribution is 2.23. The fourth-order valence-corrected chi connectivity index (χ4v) is 1.06. The van der Waals surface area contributed by atoms with Crippen molar-refractivity contribution >= 4 is 0 Å². The van der Waals surface area contributed by atoms with E-state index >= 15 is 0 Å². The quantitative estimate of drug-likeness (QED) is 0.621. The van der Waals surface area contributed by atoms with E-state index in [9.17, 15) is 0 Å². The molecule has 0 aliphatic carbocycles. The van der Waals surface area contributed by atoms with Crippen LogP contribution in [0.4, 0.5) is 0 Å². The molecule has 80 valence electrons. The summed E-state index contributed by atoms with van der Waals surface area (Å²) < 4.78 is 5.54. The molecule has 2 N–H and O–H groups in total. The van der Waals surface area contributed by atoms with Crippen LogP contribution < -0.4 is 5.73 Å². The largest absolute Gasteiger partial charge is 0.381 e. The summed E-state index contributed by atoms with van der Waals surface area (Å²) in [6.07, 6.45) is 2.21. The van der Waals surface area contributed by atoms with Crippen LogP contribution in [0.5, 0.6) is 0 Å². The molecule has 0 aromatic carbocycles. The van der Waals surface area contributed by atoms with Gasteiger partial charge in [-0.25, -0.2) is 0 Å². The van der Waals surface area contributed by atoms with Crippen LogP contribution in [-0.4, -0.2) is 19.8 Å². The first-order chi connectivity index (χ1) is 6.04. The Labute approximate surface area is 82.8 Å². The Morgan fingerprint density at radius 3 is 2.38 bits per heavy atom. The zero-order chi connectivity index (χ0) is 10.3. The average Bonchev–Trinajstić information content (AvgIpc) is 2.12. The van der Waals surface area contributed by atoms with Gasteiger partial charge in [-0.2, -0.15) is 0 Å². The van der Waals surface area contributed by atoms with E-state index < -0.39 is 0 Å². The SMILES string of the molecule is CCC(C)(CN)CCOCC(C)C. The van der Waals surface area contributed by atoms with Gasteiger partial charge in [0.2, 0.25) is 0 Å². The second-order valence-corrected chi connectivity index (χ2v) is 4.59. The van der Waals surface area contributed by atoms with Gasteiger partial charge in [-0.3, -0.25) is 0 Å². The van der Waals surface area contributed by atoms with E-state index in [0.29, 0.717) is 5.92 Å². The Morgan fingerprint density at radius 1 is 1.38 bits per heavy atom. The molecular weight excluding hydrogens is 162 g/mol. The summed E-state index contributed by atoms with van der Waals surface area (Å²) in [4.78, 5) is 0. The zero-order valence-electron chi connectivity index (χ0n) is 9.60. The number of hydrogen-bond acceptors (Lipinski definition) is 2. The fraction of sp³-hybridized carbons (Fsp3) is 1.00. The van der Waals surface area contributed by atoms with Crippen molar-refractivity contribution < 1.29 is 4.74 Å². The van der Waals surface area contributed by atoms with Gasteiger partial charge in [0.05, 0.1) is 0 Å². The number of nitrogens with two attached hydrogens (primary N) is 1. The van der Waals surface area contributed by atoms with Crippen molar-refractivity contribution in [3.05, 3.63) is 0 Å². The monoisotopic (exact) mass is 187 g/mol. The molecular formula is C11H25NO. The Balaban J connectivity index is 3.50. The molecule has 0 saturated heterocycles. The van der Waals surface area contributed by atoms with Crippen molar-refractivity contribution in [2.75, 3.05) is 19.8 Å². The van der Waals surface area contributed by atoms with Gasteiger partial charge in [0.1, 0.15) is 0 Å². The fourth-order valence-electron chi connectivity index (χ4n) is 1.06. The minimum absolute atomic E-state index is 0.275. The Kier molecular flexibility index (Phi) is 6.35. The second-order valence-electron chi connectivity index (χ2n) is 4.59. The van der Waals surface area contributed by atoms with Crippen molar-refractivity contribution in [3.63, 3.8) is 0 Å². The maximum absolute atomic E-state index is 5.70. The summed E-state index contributed by atoms with van der Waals surface area (Å²) in [5.41, 5.74) is 5.98. The van der Waals surface area contributed by atoms with Crippen LogP contribution in [0.3, 0.4) is 0 Å². The van der Waals surface area contributed by atoms with Crippen LogP contribution in [0, 0.1) is 11.3 Å². The van der Waals surface area contributed by atoms with Gasteiger partial charge in [-0.05, 0) is 30.7 Å². The van der Waals surface area contributed by atoms with Crippen LogP contribution >= 0.6 is 0 Å². The first-order valence-corrected chi connectivity index (χ1v) is 5.32. The molecule has 0 bridgehead atoms. The van der Waals surface area contributed by atoms with E-state index in [4.69, 9.17) is 10.5 Å². The number of rotatable bonds is 7. The van der Waals surface area contributed by atoms with Gasteiger partial charge in [-0.1, -0.05) is 27.7 Å². The zero-order valence-corrected chi connectivity index (χ0v) is 9.60. The van der Waals surface area contributed by atoms with Crippen LogP contribution in [0.15, 0.2) is 0 Å². The Hall–Kier alpha value is -0.0800.